The summed E-state index contributed by atoms with van der Waals surface area (Å²) < 4.78 is 1.19. The molecule has 0 spiro atoms. The van der Waals surface area contributed by atoms with E-state index in [0.29, 0.717) is 13.1 Å². The number of nitrogens with one attached hydrogen (secondary N) is 1. The van der Waals surface area contributed by atoms with E-state index < -0.39 is 0 Å². The maximum absolute atomic E-state index is 12.2. The molecular formula is C21H25N3OS2. The standard InChI is InChI=1S/C21H25N3OS2/c1-15-8-10-17(11-9-15)26-13-12-22-20(25)14-24(3)16(2)21-23-18-6-4-5-7-19(18)27-21/h4-11,16H,12-14H2,1-3H3,(H,22,25)/t16-/m0/s1. The van der Waals surface area contributed by atoms with Gasteiger partial charge in [0.2, 0.25) is 5.91 Å². The van der Waals surface area contributed by atoms with Crippen molar-refractivity contribution in [2.24, 2.45) is 0 Å². The van der Waals surface area contributed by atoms with Crippen LogP contribution in [0.1, 0.15) is 23.5 Å². The molecule has 4 nitrogen and oxygen atoms in total. The van der Waals surface area contributed by atoms with Gasteiger partial charge in [-0.1, -0.05) is 29.8 Å². The van der Waals surface area contributed by atoms with E-state index in [1.54, 1.807) is 23.1 Å². The van der Waals surface area contributed by atoms with Crippen LogP contribution in [0.2, 0.25) is 0 Å². The van der Waals surface area contributed by atoms with Crippen molar-refractivity contribution in [2.45, 2.75) is 24.8 Å². The number of carbonyl (C=O) groups excluding carboxylic acids is 1. The summed E-state index contributed by atoms with van der Waals surface area (Å²) in [4.78, 5) is 20.2. The molecule has 27 heavy (non-hydrogen) atoms. The van der Waals surface area contributed by atoms with Gasteiger partial charge in [-0.2, -0.15) is 0 Å². The molecule has 0 saturated carbocycles. The topological polar surface area (TPSA) is 45.2 Å². The molecule has 1 amide bonds. The largest absolute Gasteiger partial charge is 0.354 e. The van der Waals surface area contributed by atoms with Crippen molar-refractivity contribution in [3.05, 3.63) is 59.1 Å². The lowest BCUT2D eigenvalue weighted by molar-refractivity contribution is -0.122. The lowest BCUT2D eigenvalue weighted by Crippen LogP contribution is -2.37. The number of aromatic nitrogens is 1. The molecule has 142 valence electrons. The van der Waals surface area contributed by atoms with Gasteiger partial charge in [0.1, 0.15) is 5.01 Å². The number of hydrogen-bond donors (Lipinski definition) is 1. The highest BCUT2D eigenvalue weighted by Gasteiger charge is 2.18. The number of aryl methyl sites for hydroxylation is 1. The first-order chi connectivity index (χ1) is 13.0. The fourth-order valence-electron chi connectivity index (χ4n) is 2.67. The van der Waals surface area contributed by atoms with Crippen LogP contribution in [-0.4, -0.2) is 41.7 Å². The number of likely N-dealkylation sites (N-methyl/N-ethyl adjacent to an activating group) is 1. The van der Waals surface area contributed by atoms with Gasteiger partial charge in [0.15, 0.2) is 0 Å². The number of para-hydroxylation sites is 1. The Hall–Kier alpha value is -1.89. The highest BCUT2D eigenvalue weighted by molar-refractivity contribution is 7.99. The Bertz CT molecular complexity index is 859. The number of fused-ring (bicyclic) bond motifs is 1. The summed E-state index contributed by atoms with van der Waals surface area (Å²) in [5.41, 5.74) is 2.29. The van der Waals surface area contributed by atoms with Crippen LogP contribution >= 0.6 is 23.1 Å². The van der Waals surface area contributed by atoms with E-state index in [2.05, 4.69) is 49.5 Å². The number of hydrogen-bond acceptors (Lipinski definition) is 5. The summed E-state index contributed by atoms with van der Waals surface area (Å²) in [6.07, 6.45) is 0. The lowest BCUT2D eigenvalue weighted by Gasteiger charge is -2.22. The summed E-state index contributed by atoms with van der Waals surface area (Å²) >= 11 is 3.45. The highest BCUT2D eigenvalue weighted by atomic mass is 32.2. The molecule has 0 unspecified atom stereocenters. The molecule has 0 bridgehead atoms. The Kier molecular flexibility index (Phi) is 6.88. The van der Waals surface area contributed by atoms with Gasteiger partial charge >= 0.3 is 0 Å². The quantitative estimate of drug-likeness (QED) is 0.447. The molecule has 0 aliphatic carbocycles. The summed E-state index contributed by atoms with van der Waals surface area (Å²) in [6, 6.07) is 16.7. The normalized spacial score (nSPS) is 12.4. The smallest absolute Gasteiger partial charge is 0.234 e. The average Bonchev–Trinajstić information content (AvgIpc) is 3.10. The Morgan fingerprint density at radius 1 is 1.22 bits per heavy atom. The maximum Gasteiger partial charge on any atom is 0.234 e. The van der Waals surface area contributed by atoms with Crippen molar-refractivity contribution in [1.82, 2.24) is 15.2 Å². The van der Waals surface area contributed by atoms with Gasteiger partial charge in [0, 0.05) is 17.2 Å². The number of carbonyl (C=O) groups is 1. The van der Waals surface area contributed by atoms with E-state index in [4.69, 9.17) is 4.98 Å². The third-order valence-corrected chi connectivity index (χ3v) is 6.66. The van der Waals surface area contributed by atoms with E-state index in [0.717, 1.165) is 16.3 Å². The molecular weight excluding hydrogens is 374 g/mol. The zero-order valence-electron chi connectivity index (χ0n) is 15.9. The minimum absolute atomic E-state index is 0.0509. The van der Waals surface area contributed by atoms with Crippen LogP contribution in [-0.2, 0) is 4.79 Å². The lowest BCUT2D eigenvalue weighted by atomic mass is 10.2. The molecule has 6 heteroatoms. The van der Waals surface area contributed by atoms with Crippen LogP contribution in [0.4, 0.5) is 0 Å². The first kappa shape index (κ1) is 19.9. The van der Waals surface area contributed by atoms with Crippen molar-refractivity contribution >= 4 is 39.2 Å². The van der Waals surface area contributed by atoms with Gasteiger partial charge < -0.3 is 5.32 Å². The molecule has 0 radical (unpaired) electrons. The number of benzene rings is 2. The molecule has 1 atom stereocenters. The van der Waals surface area contributed by atoms with Crippen molar-refractivity contribution in [1.29, 1.82) is 0 Å². The Labute approximate surface area is 169 Å². The predicted octanol–water partition coefficient (Wildman–Crippen LogP) is 4.51. The minimum atomic E-state index is 0.0509. The van der Waals surface area contributed by atoms with Crippen molar-refractivity contribution in [3.8, 4) is 0 Å². The van der Waals surface area contributed by atoms with E-state index in [1.807, 2.05) is 30.1 Å². The second kappa shape index (κ2) is 9.35. The second-order valence-corrected chi connectivity index (χ2v) is 8.85. The van der Waals surface area contributed by atoms with E-state index in [1.165, 1.54) is 15.2 Å². The number of thiazole rings is 1. The summed E-state index contributed by atoms with van der Waals surface area (Å²) in [7, 11) is 1.97. The zero-order chi connectivity index (χ0) is 19.2. The third kappa shape index (κ3) is 5.54. The molecule has 0 aliphatic rings. The monoisotopic (exact) mass is 399 g/mol. The highest BCUT2D eigenvalue weighted by Crippen LogP contribution is 2.28. The number of nitrogens with zero attached hydrogens (tertiary/aromatic N) is 2. The van der Waals surface area contributed by atoms with Gasteiger partial charge in [0.25, 0.3) is 0 Å². The maximum atomic E-state index is 12.2. The third-order valence-electron chi connectivity index (χ3n) is 4.44. The fraction of sp³-hybridized carbons (Fsp3) is 0.333. The van der Waals surface area contributed by atoms with Gasteiger partial charge in [-0.3, -0.25) is 9.69 Å². The fourth-order valence-corrected chi connectivity index (χ4v) is 4.52. The first-order valence-electron chi connectivity index (χ1n) is 9.05. The Morgan fingerprint density at radius 2 is 1.96 bits per heavy atom. The number of rotatable bonds is 8. The first-order valence-corrected chi connectivity index (χ1v) is 10.8. The van der Waals surface area contributed by atoms with Gasteiger partial charge in [0.05, 0.1) is 22.8 Å². The average molecular weight is 400 g/mol. The molecule has 1 N–H and O–H groups in total. The van der Waals surface area contributed by atoms with Gasteiger partial charge in [-0.15, -0.1) is 23.1 Å². The van der Waals surface area contributed by atoms with Gasteiger partial charge in [-0.25, -0.2) is 4.98 Å². The van der Waals surface area contributed by atoms with Crippen LogP contribution in [0.25, 0.3) is 10.2 Å². The number of amides is 1. The van der Waals surface area contributed by atoms with Crippen LogP contribution in [0.3, 0.4) is 0 Å². The Balaban J connectivity index is 1.43. The molecule has 3 rings (SSSR count). The molecule has 1 aromatic heterocycles. The van der Waals surface area contributed by atoms with Crippen LogP contribution in [0.5, 0.6) is 0 Å². The number of thioether (sulfide) groups is 1. The molecule has 0 fully saturated rings. The van der Waals surface area contributed by atoms with Crippen molar-refractivity contribution < 1.29 is 4.79 Å². The second-order valence-electron chi connectivity index (χ2n) is 6.62. The molecule has 1 heterocycles. The molecule has 0 aliphatic heterocycles. The molecule has 0 saturated heterocycles. The van der Waals surface area contributed by atoms with Crippen LogP contribution < -0.4 is 5.32 Å². The minimum Gasteiger partial charge on any atom is -0.354 e. The SMILES string of the molecule is Cc1ccc(SCCNC(=O)CN(C)[C@@H](C)c2nc3ccccc3s2)cc1. The van der Waals surface area contributed by atoms with Gasteiger partial charge in [-0.05, 0) is 45.2 Å². The van der Waals surface area contributed by atoms with Crippen LogP contribution in [0, 0.1) is 6.92 Å². The zero-order valence-corrected chi connectivity index (χ0v) is 17.6. The predicted molar refractivity (Wildman–Crippen MR) is 116 cm³/mol. The summed E-state index contributed by atoms with van der Waals surface area (Å²) in [5.74, 6) is 0.918. The Morgan fingerprint density at radius 3 is 2.70 bits per heavy atom. The van der Waals surface area contributed by atoms with Crippen molar-refractivity contribution in [3.63, 3.8) is 0 Å². The van der Waals surface area contributed by atoms with Crippen LogP contribution in [0.15, 0.2) is 53.4 Å². The molecule has 3 aromatic rings. The summed E-state index contributed by atoms with van der Waals surface area (Å²) in [5, 5.41) is 4.05. The summed E-state index contributed by atoms with van der Waals surface area (Å²) in [6.45, 7) is 5.21. The van der Waals surface area contributed by atoms with E-state index in [9.17, 15) is 4.79 Å². The molecule has 2 aromatic carbocycles. The van der Waals surface area contributed by atoms with E-state index >= 15 is 0 Å². The van der Waals surface area contributed by atoms with E-state index in [-0.39, 0.29) is 11.9 Å². The van der Waals surface area contributed by atoms with Crippen molar-refractivity contribution in [2.75, 3.05) is 25.9 Å².